The van der Waals surface area contributed by atoms with Gasteiger partial charge in [-0.05, 0) is 12.1 Å². The molecule has 1 rings (SSSR count). The molecule has 0 unspecified atom stereocenters. The first-order valence-electron chi connectivity index (χ1n) is 4.01. The summed E-state index contributed by atoms with van der Waals surface area (Å²) in [6, 6.07) is 6.90. The van der Waals surface area contributed by atoms with Crippen molar-refractivity contribution in [2.75, 3.05) is 7.11 Å². The van der Waals surface area contributed by atoms with E-state index in [1.54, 1.807) is 25.3 Å². The fourth-order valence-corrected chi connectivity index (χ4v) is 0.926. The Kier molecular flexibility index (Phi) is 5.75. The first-order valence-corrected chi connectivity index (χ1v) is 4.39. The summed E-state index contributed by atoms with van der Waals surface area (Å²) in [5.41, 5.74) is 0.465. The van der Waals surface area contributed by atoms with Crippen molar-refractivity contribution in [1.82, 2.24) is 0 Å². The van der Waals surface area contributed by atoms with Crippen LogP contribution in [-0.4, -0.2) is 7.11 Å². The van der Waals surface area contributed by atoms with Gasteiger partial charge in [-0.25, -0.2) is 0 Å². The van der Waals surface area contributed by atoms with E-state index in [9.17, 15) is 0 Å². The minimum absolute atomic E-state index is 0.423. The van der Waals surface area contributed by atoms with E-state index < -0.39 is 0 Å². The molecule has 0 spiro atoms. The molecule has 0 atom stereocenters. The van der Waals surface area contributed by atoms with Crippen molar-refractivity contribution in [3.05, 3.63) is 28.8 Å². The first-order chi connectivity index (χ1) is 6.27. The van der Waals surface area contributed by atoms with Crippen LogP contribution in [0.25, 0.3) is 0 Å². The van der Waals surface area contributed by atoms with Gasteiger partial charge >= 0.3 is 0 Å². The van der Waals surface area contributed by atoms with Gasteiger partial charge in [0.1, 0.15) is 11.8 Å². The second kappa shape index (κ2) is 6.33. The van der Waals surface area contributed by atoms with Crippen molar-refractivity contribution >= 4 is 11.6 Å². The van der Waals surface area contributed by atoms with Gasteiger partial charge in [0.2, 0.25) is 0 Å². The Morgan fingerprint density at radius 2 is 2.00 bits per heavy atom. The molecule has 1 aromatic carbocycles. The molecule has 0 N–H and O–H groups in total. The third-order valence-electron chi connectivity index (χ3n) is 1.30. The van der Waals surface area contributed by atoms with E-state index in [4.69, 9.17) is 21.6 Å². The summed E-state index contributed by atoms with van der Waals surface area (Å²) in [4.78, 5) is 0. The maximum absolute atomic E-state index is 8.51. The number of rotatable bonds is 1. The monoisotopic (exact) mass is 197 g/mol. The van der Waals surface area contributed by atoms with Crippen LogP contribution in [-0.2, 0) is 0 Å². The largest absolute Gasteiger partial charge is 0.497 e. The van der Waals surface area contributed by atoms with Gasteiger partial charge < -0.3 is 4.74 Å². The zero-order valence-electron chi connectivity index (χ0n) is 7.97. The van der Waals surface area contributed by atoms with Gasteiger partial charge in [0, 0.05) is 6.07 Å². The first kappa shape index (κ1) is 11.8. The third-order valence-corrected chi connectivity index (χ3v) is 1.61. The van der Waals surface area contributed by atoms with E-state index >= 15 is 0 Å². The molecule has 2 nitrogen and oxygen atoms in total. The van der Waals surface area contributed by atoms with Gasteiger partial charge in [-0.15, -0.1) is 0 Å². The molecule has 0 saturated heterocycles. The number of hydrogen-bond acceptors (Lipinski definition) is 2. The summed E-state index contributed by atoms with van der Waals surface area (Å²) in [5, 5.41) is 8.93. The minimum Gasteiger partial charge on any atom is -0.497 e. The van der Waals surface area contributed by atoms with Crippen LogP contribution in [0.2, 0.25) is 5.02 Å². The fourth-order valence-electron chi connectivity index (χ4n) is 0.713. The molecule has 1 aromatic rings. The highest BCUT2D eigenvalue weighted by Crippen LogP contribution is 2.21. The number of halogens is 1. The van der Waals surface area contributed by atoms with Crippen molar-refractivity contribution < 1.29 is 4.74 Å². The lowest BCUT2D eigenvalue weighted by atomic mass is 10.2. The highest BCUT2D eigenvalue weighted by molar-refractivity contribution is 6.31. The number of nitrogens with zero attached hydrogens (tertiary/aromatic N) is 1. The lowest BCUT2D eigenvalue weighted by Crippen LogP contribution is -1.83. The summed E-state index contributed by atoms with van der Waals surface area (Å²) in [5.74, 6) is 0.661. The van der Waals surface area contributed by atoms with Crippen LogP contribution in [0.5, 0.6) is 5.75 Å². The van der Waals surface area contributed by atoms with Crippen LogP contribution in [0.15, 0.2) is 18.2 Å². The standard InChI is InChI=1S/C8H6ClNO.C2H6/c1-11-7-3-2-6(5-10)8(9)4-7;1-2/h2-4H,1H3;1-2H3. The average molecular weight is 198 g/mol. The van der Waals surface area contributed by atoms with Gasteiger partial charge in [0.25, 0.3) is 0 Å². The Morgan fingerprint density at radius 3 is 2.38 bits per heavy atom. The Balaban J connectivity index is 0.000000671. The zero-order chi connectivity index (χ0) is 10.3. The summed E-state index contributed by atoms with van der Waals surface area (Å²) in [7, 11) is 1.55. The van der Waals surface area contributed by atoms with E-state index in [-0.39, 0.29) is 0 Å². The lowest BCUT2D eigenvalue weighted by molar-refractivity contribution is 0.415. The van der Waals surface area contributed by atoms with Crippen LogP contribution >= 0.6 is 11.6 Å². The van der Waals surface area contributed by atoms with Gasteiger partial charge in [-0.3, -0.25) is 0 Å². The summed E-state index contributed by atoms with van der Waals surface area (Å²) < 4.78 is 4.90. The predicted octanol–water partition coefficient (Wildman–Crippen LogP) is 3.25. The van der Waals surface area contributed by atoms with Crippen LogP contribution in [0.3, 0.4) is 0 Å². The summed E-state index contributed by atoms with van der Waals surface area (Å²) in [6.07, 6.45) is 0. The van der Waals surface area contributed by atoms with E-state index in [0.717, 1.165) is 0 Å². The van der Waals surface area contributed by atoms with Crippen molar-refractivity contribution in [1.29, 1.82) is 5.26 Å². The Hall–Kier alpha value is -1.20. The van der Waals surface area contributed by atoms with Gasteiger partial charge in [-0.2, -0.15) is 5.26 Å². The average Bonchev–Trinajstić information content (AvgIpc) is 2.20. The number of hydrogen-bond donors (Lipinski definition) is 0. The SMILES string of the molecule is CC.COc1ccc(C#N)c(Cl)c1. The van der Waals surface area contributed by atoms with Crippen LogP contribution < -0.4 is 4.74 Å². The second-order valence-corrected chi connectivity index (χ2v) is 2.36. The molecule has 0 aromatic heterocycles. The molecular weight excluding hydrogens is 186 g/mol. The number of ether oxygens (including phenoxy) is 1. The highest BCUT2D eigenvalue weighted by Gasteiger charge is 1.99. The van der Waals surface area contributed by atoms with Crippen molar-refractivity contribution in [3.8, 4) is 11.8 Å². The highest BCUT2D eigenvalue weighted by atomic mass is 35.5. The molecule has 0 aliphatic heterocycles. The molecule has 0 fully saturated rings. The molecule has 0 saturated carbocycles. The third kappa shape index (κ3) is 3.35. The van der Waals surface area contributed by atoms with Crippen molar-refractivity contribution in [2.24, 2.45) is 0 Å². The van der Waals surface area contributed by atoms with Gasteiger partial charge in [-0.1, -0.05) is 25.4 Å². The van der Waals surface area contributed by atoms with E-state index in [2.05, 4.69) is 0 Å². The Morgan fingerprint density at radius 1 is 1.38 bits per heavy atom. The topological polar surface area (TPSA) is 33.0 Å². The molecule has 0 amide bonds. The van der Waals surface area contributed by atoms with Crippen molar-refractivity contribution in [2.45, 2.75) is 13.8 Å². The molecule has 3 heteroatoms. The lowest BCUT2D eigenvalue weighted by Gasteiger charge is -1.99. The minimum atomic E-state index is 0.423. The smallest absolute Gasteiger partial charge is 0.120 e. The zero-order valence-corrected chi connectivity index (χ0v) is 8.72. The summed E-state index contributed by atoms with van der Waals surface area (Å²) in [6.45, 7) is 4.00. The second-order valence-electron chi connectivity index (χ2n) is 1.96. The van der Waals surface area contributed by atoms with Crippen molar-refractivity contribution in [3.63, 3.8) is 0 Å². The molecule has 13 heavy (non-hydrogen) atoms. The maximum atomic E-state index is 8.51. The Bertz CT molecular complexity index is 304. The summed E-state index contributed by atoms with van der Waals surface area (Å²) >= 11 is 5.71. The molecule has 0 heterocycles. The molecule has 0 radical (unpaired) electrons. The molecule has 0 bridgehead atoms. The molecule has 70 valence electrons. The Labute approximate surface area is 83.7 Å². The number of benzene rings is 1. The molecule has 0 aliphatic rings. The predicted molar refractivity (Wildman–Crippen MR) is 54.1 cm³/mol. The number of methoxy groups -OCH3 is 1. The molecule has 0 aliphatic carbocycles. The normalized spacial score (nSPS) is 7.92. The van der Waals surface area contributed by atoms with Crippen LogP contribution in [0, 0.1) is 11.3 Å². The molecular formula is C10H12ClNO. The van der Waals surface area contributed by atoms with Crippen LogP contribution in [0.1, 0.15) is 19.4 Å². The van der Waals surface area contributed by atoms with Gasteiger partial charge in [0.15, 0.2) is 0 Å². The number of nitriles is 1. The quantitative estimate of drug-likeness (QED) is 0.693. The fraction of sp³-hybridized carbons (Fsp3) is 0.300. The van der Waals surface area contributed by atoms with E-state index in [0.29, 0.717) is 16.3 Å². The van der Waals surface area contributed by atoms with E-state index in [1.165, 1.54) is 0 Å². The van der Waals surface area contributed by atoms with Gasteiger partial charge in [0.05, 0.1) is 17.7 Å². The maximum Gasteiger partial charge on any atom is 0.120 e. The van der Waals surface area contributed by atoms with E-state index in [1.807, 2.05) is 19.9 Å². The van der Waals surface area contributed by atoms with Crippen LogP contribution in [0.4, 0.5) is 0 Å².